The Kier molecular flexibility index (Phi) is 4.71. The maximum atomic E-state index is 11.6. The molecule has 0 fully saturated rings. The van der Waals surface area contributed by atoms with Crippen molar-refractivity contribution in [2.24, 2.45) is 0 Å². The highest BCUT2D eigenvalue weighted by atomic mass is 16.6. The fraction of sp³-hybridized carbons (Fsp3) is 0.267. The number of pyridine rings is 1. The number of rotatable bonds is 6. The molecular formula is C15H17N3O3. The van der Waals surface area contributed by atoms with E-state index in [1.807, 2.05) is 6.92 Å². The van der Waals surface area contributed by atoms with Crippen LogP contribution in [0.4, 0.5) is 11.4 Å². The van der Waals surface area contributed by atoms with E-state index in [1.54, 1.807) is 35.0 Å². The number of hydrogen-bond donors (Lipinski definition) is 1. The molecule has 21 heavy (non-hydrogen) atoms. The summed E-state index contributed by atoms with van der Waals surface area (Å²) >= 11 is 0. The molecule has 0 atom stereocenters. The van der Waals surface area contributed by atoms with E-state index in [-0.39, 0.29) is 11.2 Å². The third-order valence-corrected chi connectivity index (χ3v) is 3.12. The Balaban J connectivity index is 2.15. The van der Waals surface area contributed by atoms with Gasteiger partial charge in [0.15, 0.2) is 0 Å². The molecule has 2 aromatic rings. The van der Waals surface area contributed by atoms with Gasteiger partial charge in [-0.05, 0) is 12.5 Å². The van der Waals surface area contributed by atoms with Crippen molar-refractivity contribution in [1.82, 2.24) is 4.57 Å². The van der Waals surface area contributed by atoms with Crippen molar-refractivity contribution in [2.45, 2.75) is 26.4 Å². The third kappa shape index (κ3) is 3.68. The monoisotopic (exact) mass is 287 g/mol. The first-order chi connectivity index (χ1) is 10.1. The number of aromatic nitrogens is 1. The molecule has 0 aliphatic carbocycles. The second-order valence-electron chi connectivity index (χ2n) is 4.69. The zero-order chi connectivity index (χ0) is 15.2. The molecule has 1 N–H and O–H groups in total. The van der Waals surface area contributed by atoms with E-state index in [4.69, 9.17) is 0 Å². The minimum Gasteiger partial charge on any atom is -0.380 e. The summed E-state index contributed by atoms with van der Waals surface area (Å²) in [5, 5.41) is 14.1. The predicted molar refractivity (Wildman–Crippen MR) is 81.4 cm³/mol. The van der Waals surface area contributed by atoms with Crippen LogP contribution in [0.2, 0.25) is 0 Å². The van der Waals surface area contributed by atoms with Crippen molar-refractivity contribution in [2.75, 3.05) is 5.32 Å². The molecule has 0 saturated carbocycles. The first-order valence-electron chi connectivity index (χ1n) is 6.78. The van der Waals surface area contributed by atoms with Crippen molar-refractivity contribution in [3.8, 4) is 0 Å². The quantitative estimate of drug-likeness (QED) is 0.654. The lowest BCUT2D eigenvalue weighted by molar-refractivity contribution is -0.385. The number of aryl methyl sites for hydroxylation is 1. The van der Waals surface area contributed by atoms with Gasteiger partial charge in [0.25, 0.3) is 11.2 Å². The molecule has 0 amide bonds. The number of nitro groups is 1. The Labute approximate surface area is 122 Å². The number of hydrogen-bond acceptors (Lipinski definition) is 4. The van der Waals surface area contributed by atoms with Gasteiger partial charge in [-0.15, -0.1) is 0 Å². The highest BCUT2D eigenvalue weighted by Crippen LogP contribution is 2.18. The van der Waals surface area contributed by atoms with E-state index in [2.05, 4.69) is 5.32 Å². The van der Waals surface area contributed by atoms with Crippen LogP contribution >= 0.6 is 0 Å². The summed E-state index contributed by atoms with van der Waals surface area (Å²) in [6.07, 6.45) is 2.61. The second kappa shape index (κ2) is 6.69. The fourth-order valence-electron chi connectivity index (χ4n) is 2.09. The van der Waals surface area contributed by atoms with E-state index >= 15 is 0 Å². The van der Waals surface area contributed by atoms with Gasteiger partial charge < -0.3 is 9.88 Å². The molecule has 6 heteroatoms. The molecule has 6 nitrogen and oxygen atoms in total. The summed E-state index contributed by atoms with van der Waals surface area (Å²) in [5.41, 5.74) is 1.41. The summed E-state index contributed by atoms with van der Waals surface area (Å²) in [7, 11) is 0. The molecule has 0 unspecified atom stereocenters. The molecule has 0 spiro atoms. The zero-order valence-electron chi connectivity index (χ0n) is 11.8. The molecule has 110 valence electrons. The topological polar surface area (TPSA) is 77.2 Å². The summed E-state index contributed by atoms with van der Waals surface area (Å²) in [6, 6.07) is 9.79. The maximum absolute atomic E-state index is 11.6. The van der Waals surface area contributed by atoms with Gasteiger partial charge in [0.05, 0.1) is 10.6 Å². The van der Waals surface area contributed by atoms with Gasteiger partial charge in [0, 0.05) is 37.0 Å². The lowest BCUT2D eigenvalue weighted by Crippen LogP contribution is -2.18. The molecule has 0 bridgehead atoms. The van der Waals surface area contributed by atoms with E-state index in [0.29, 0.717) is 18.7 Å². The van der Waals surface area contributed by atoms with Crippen molar-refractivity contribution in [1.29, 1.82) is 0 Å². The molecule has 0 aliphatic rings. The van der Waals surface area contributed by atoms with Gasteiger partial charge in [-0.3, -0.25) is 14.9 Å². The van der Waals surface area contributed by atoms with Crippen LogP contribution in [0.25, 0.3) is 0 Å². The van der Waals surface area contributed by atoms with Crippen LogP contribution in [0.1, 0.15) is 18.9 Å². The van der Waals surface area contributed by atoms with Crippen LogP contribution in [0.15, 0.2) is 47.4 Å². The van der Waals surface area contributed by atoms with Crippen LogP contribution < -0.4 is 10.9 Å². The summed E-state index contributed by atoms with van der Waals surface area (Å²) in [5.74, 6) is 0. The van der Waals surface area contributed by atoms with Gasteiger partial charge in [-0.1, -0.05) is 25.1 Å². The van der Waals surface area contributed by atoms with Crippen LogP contribution in [0.3, 0.4) is 0 Å². The van der Waals surface area contributed by atoms with Crippen LogP contribution in [0.5, 0.6) is 0 Å². The Bertz CT molecular complexity index is 695. The van der Waals surface area contributed by atoms with E-state index < -0.39 is 4.92 Å². The maximum Gasteiger partial charge on any atom is 0.274 e. The molecule has 0 aliphatic heterocycles. The summed E-state index contributed by atoms with van der Waals surface area (Å²) in [6.45, 7) is 2.99. The molecule has 1 heterocycles. The number of para-hydroxylation sites is 1. The van der Waals surface area contributed by atoms with E-state index in [9.17, 15) is 14.9 Å². The van der Waals surface area contributed by atoms with Crippen LogP contribution in [-0.2, 0) is 13.1 Å². The molecule has 0 saturated heterocycles. The first kappa shape index (κ1) is 14.8. The van der Waals surface area contributed by atoms with Gasteiger partial charge >= 0.3 is 0 Å². The molecule has 1 aromatic carbocycles. The van der Waals surface area contributed by atoms with Gasteiger partial charge in [-0.2, -0.15) is 0 Å². The van der Waals surface area contributed by atoms with Gasteiger partial charge in [0.2, 0.25) is 0 Å². The number of nitrogens with zero attached hydrogens (tertiary/aromatic N) is 2. The molecule has 1 aromatic heterocycles. The number of nitro benzene ring substituents is 1. The Morgan fingerprint density at radius 2 is 2.00 bits per heavy atom. The fourth-order valence-corrected chi connectivity index (χ4v) is 2.09. The molecule has 2 rings (SSSR count). The second-order valence-corrected chi connectivity index (χ2v) is 4.69. The standard InChI is InChI=1S/C15H17N3O3/c1-2-9-17-11-13(7-8-15(17)19)16-10-12-5-3-4-6-14(12)18(20)21/h3-8,11,16H,2,9-10H2,1H3. The third-order valence-electron chi connectivity index (χ3n) is 3.12. The van der Waals surface area contributed by atoms with Gasteiger partial charge in [-0.25, -0.2) is 0 Å². The normalized spacial score (nSPS) is 10.3. The highest BCUT2D eigenvalue weighted by molar-refractivity contribution is 5.45. The predicted octanol–water partition coefficient (Wildman–Crippen LogP) is 2.78. The Morgan fingerprint density at radius 3 is 2.71 bits per heavy atom. The van der Waals surface area contributed by atoms with Crippen molar-refractivity contribution >= 4 is 11.4 Å². The highest BCUT2D eigenvalue weighted by Gasteiger charge is 2.11. The largest absolute Gasteiger partial charge is 0.380 e. The number of benzene rings is 1. The lowest BCUT2D eigenvalue weighted by atomic mass is 10.2. The number of nitrogens with one attached hydrogen (secondary N) is 1. The average molecular weight is 287 g/mol. The van der Waals surface area contributed by atoms with Crippen LogP contribution in [0, 0.1) is 10.1 Å². The van der Waals surface area contributed by atoms with Crippen molar-refractivity contribution < 1.29 is 4.92 Å². The lowest BCUT2D eigenvalue weighted by Gasteiger charge is -2.10. The Hall–Kier alpha value is -2.63. The van der Waals surface area contributed by atoms with Crippen LogP contribution in [-0.4, -0.2) is 9.49 Å². The van der Waals surface area contributed by atoms with Crippen molar-refractivity contribution in [3.05, 3.63) is 68.6 Å². The van der Waals surface area contributed by atoms with Crippen molar-refractivity contribution in [3.63, 3.8) is 0 Å². The molecular weight excluding hydrogens is 270 g/mol. The Morgan fingerprint density at radius 1 is 1.24 bits per heavy atom. The minimum absolute atomic E-state index is 0.0481. The number of anilines is 1. The summed E-state index contributed by atoms with van der Waals surface area (Å²) in [4.78, 5) is 22.2. The summed E-state index contributed by atoms with van der Waals surface area (Å²) < 4.78 is 1.63. The van der Waals surface area contributed by atoms with E-state index in [1.165, 1.54) is 12.1 Å². The van der Waals surface area contributed by atoms with Gasteiger partial charge in [0.1, 0.15) is 0 Å². The smallest absolute Gasteiger partial charge is 0.274 e. The first-order valence-corrected chi connectivity index (χ1v) is 6.78. The SMILES string of the molecule is CCCn1cc(NCc2ccccc2[N+](=O)[O-])ccc1=O. The van der Waals surface area contributed by atoms with E-state index in [0.717, 1.165) is 12.1 Å². The average Bonchev–Trinajstić information content (AvgIpc) is 2.48. The zero-order valence-corrected chi connectivity index (χ0v) is 11.8. The minimum atomic E-state index is -0.394. The molecule has 0 radical (unpaired) electrons.